The van der Waals surface area contributed by atoms with Crippen molar-refractivity contribution in [2.75, 3.05) is 32.8 Å². The van der Waals surface area contributed by atoms with Gasteiger partial charge in [-0.15, -0.1) is 0 Å². The molecule has 5 rings (SSSR count). The molecule has 1 amide bonds. The molecule has 1 aromatic heterocycles. The summed E-state index contributed by atoms with van der Waals surface area (Å²) < 4.78 is 7.16. The van der Waals surface area contributed by atoms with Crippen LogP contribution in [0.5, 0.6) is 0 Å². The first kappa shape index (κ1) is 20.8. The van der Waals surface area contributed by atoms with Crippen LogP contribution < -0.4 is 11.0 Å². The van der Waals surface area contributed by atoms with E-state index in [1.165, 1.54) is 0 Å². The highest BCUT2D eigenvalue weighted by atomic mass is 16.5. The first-order valence-corrected chi connectivity index (χ1v) is 11.3. The van der Waals surface area contributed by atoms with E-state index in [4.69, 9.17) is 4.74 Å². The summed E-state index contributed by atoms with van der Waals surface area (Å²) in [6.45, 7) is 6.69. The number of hydrogen-bond acceptors (Lipinski definition) is 5. The molecule has 0 unspecified atom stereocenters. The third kappa shape index (κ3) is 4.45. The Labute approximate surface area is 187 Å². The van der Waals surface area contributed by atoms with Crippen molar-refractivity contribution in [1.82, 2.24) is 19.8 Å². The Morgan fingerprint density at radius 1 is 1.12 bits per heavy atom. The predicted molar refractivity (Wildman–Crippen MR) is 124 cm³/mol. The summed E-state index contributed by atoms with van der Waals surface area (Å²) in [7, 11) is 0. The molecule has 2 aromatic carbocycles. The van der Waals surface area contributed by atoms with Gasteiger partial charge in [-0.1, -0.05) is 12.1 Å². The molecule has 0 spiro atoms. The largest absolute Gasteiger partial charge is 0.379 e. The van der Waals surface area contributed by atoms with Crippen LogP contribution in [0.3, 0.4) is 0 Å². The van der Waals surface area contributed by atoms with Gasteiger partial charge in [0.25, 0.3) is 5.91 Å². The van der Waals surface area contributed by atoms with Gasteiger partial charge in [-0.2, -0.15) is 0 Å². The first-order chi connectivity index (χ1) is 15.6. The molecule has 0 radical (unpaired) electrons. The molecular formula is C25H28N4O3. The lowest BCUT2D eigenvalue weighted by atomic mass is 9.97. The van der Waals surface area contributed by atoms with Crippen LogP contribution in [0.25, 0.3) is 22.0 Å². The Kier molecular flexibility index (Phi) is 5.76. The highest BCUT2D eigenvalue weighted by Gasteiger charge is 2.24. The van der Waals surface area contributed by atoms with Crippen LogP contribution in [0.15, 0.2) is 47.4 Å². The third-order valence-electron chi connectivity index (χ3n) is 6.33. The summed E-state index contributed by atoms with van der Waals surface area (Å²) in [5.74, 6) is -0.0202. The number of ether oxygens (including phenoxy) is 1. The lowest BCUT2D eigenvalue weighted by molar-refractivity contribution is 0.0364. The van der Waals surface area contributed by atoms with E-state index in [0.29, 0.717) is 18.2 Å². The zero-order valence-electron chi connectivity index (χ0n) is 18.3. The van der Waals surface area contributed by atoms with Gasteiger partial charge >= 0.3 is 5.69 Å². The van der Waals surface area contributed by atoms with Crippen LogP contribution in [-0.4, -0.2) is 59.2 Å². The van der Waals surface area contributed by atoms with Gasteiger partial charge in [0, 0.05) is 49.4 Å². The van der Waals surface area contributed by atoms with Crippen LogP contribution >= 0.6 is 0 Å². The number of amides is 1. The maximum atomic E-state index is 12.5. The lowest BCUT2D eigenvalue weighted by Gasteiger charge is -2.26. The normalized spacial score (nSPS) is 16.9. The maximum Gasteiger partial charge on any atom is 0.348 e. The van der Waals surface area contributed by atoms with Crippen molar-refractivity contribution in [1.29, 1.82) is 0 Å². The summed E-state index contributed by atoms with van der Waals surface area (Å²) in [4.78, 5) is 31.4. The van der Waals surface area contributed by atoms with Gasteiger partial charge in [-0.3, -0.25) is 14.3 Å². The molecule has 0 atom stereocenters. The van der Waals surface area contributed by atoms with Crippen molar-refractivity contribution >= 4 is 16.8 Å². The minimum Gasteiger partial charge on any atom is -0.379 e. The Hall–Kier alpha value is -3.03. The average Bonchev–Trinajstić information content (AvgIpc) is 3.63. The number of morpholine rings is 1. The number of nitrogens with one attached hydrogen (secondary N) is 1. The molecule has 7 heteroatoms. The second-order valence-electron chi connectivity index (χ2n) is 8.70. The fourth-order valence-corrected chi connectivity index (χ4v) is 4.22. The van der Waals surface area contributed by atoms with Gasteiger partial charge < -0.3 is 10.1 Å². The van der Waals surface area contributed by atoms with E-state index >= 15 is 0 Å². The quantitative estimate of drug-likeness (QED) is 0.648. The molecule has 7 nitrogen and oxygen atoms in total. The minimum atomic E-state index is -0.228. The Bertz CT molecular complexity index is 1210. The zero-order valence-corrected chi connectivity index (χ0v) is 18.3. The summed E-state index contributed by atoms with van der Waals surface area (Å²) in [5, 5.41) is 3.97. The minimum absolute atomic E-state index is 0.0202. The maximum absolute atomic E-state index is 12.5. The van der Waals surface area contributed by atoms with Gasteiger partial charge in [0.15, 0.2) is 0 Å². The molecule has 2 heterocycles. The number of aryl methyl sites for hydroxylation is 1. The summed E-state index contributed by atoms with van der Waals surface area (Å²) >= 11 is 0. The summed E-state index contributed by atoms with van der Waals surface area (Å²) in [6.07, 6.45) is 3.77. The Morgan fingerprint density at radius 2 is 1.94 bits per heavy atom. The van der Waals surface area contributed by atoms with Crippen LogP contribution in [0, 0.1) is 6.92 Å². The molecule has 3 aromatic rings. The van der Waals surface area contributed by atoms with Crippen LogP contribution in [0.1, 0.15) is 28.8 Å². The molecule has 2 fully saturated rings. The molecule has 1 N–H and O–H groups in total. The van der Waals surface area contributed by atoms with Crippen molar-refractivity contribution < 1.29 is 9.53 Å². The number of nitrogens with zero attached hydrogens (tertiary/aromatic N) is 3. The van der Waals surface area contributed by atoms with Crippen molar-refractivity contribution in [3.8, 4) is 11.1 Å². The number of benzene rings is 2. The monoisotopic (exact) mass is 432 g/mol. The van der Waals surface area contributed by atoms with E-state index in [1.54, 1.807) is 10.8 Å². The summed E-state index contributed by atoms with van der Waals surface area (Å²) in [6, 6.07) is 12.2. The van der Waals surface area contributed by atoms with E-state index in [-0.39, 0.29) is 11.6 Å². The SMILES string of the molecule is Cc1ccc(C(=O)NC2CC2)cc1-c1ccc2c(cnc(=O)n2CCN2CCOCC2)c1. The van der Waals surface area contributed by atoms with Crippen molar-refractivity contribution in [3.05, 3.63) is 64.2 Å². The highest BCUT2D eigenvalue weighted by molar-refractivity contribution is 5.96. The van der Waals surface area contributed by atoms with Crippen LogP contribution in [-0.2, 0) is 11.3 Å². The number of carbonyl (C=O) groups is 1. The molecule has 166 valence electrons. The van der Waals surface area contributed by atoms with Crippen LogP contribution in [0.2, 0.25) is 0 Å². The topological polar surface area (TPSA) is 76.5 Å². The molecule has 0 bridgehead atoms. The van der Waals surface area contributed by atoms with Gasteiger partial charge in [0.05, 0.1) is 18.7 Å². The second kappa shape index (κ2) is 8.84. The molecule has 32 heavy (non-hydrogen) atoms. The van der Waals surface area contributed by atoms with Crippen molar-refractivity contribution in [3.63, 3.8) is 0 Å². The predicted octanol–water partition coefficient (Wildman–Crippen LogP) is 2.60. The van der Waals surface area contributed by atoms with Gasteiger partial charge in [-0.05, 0) is 60.7 Å². The van der Waals surface area contributed by atoms with E-state index in [0.717, 1.165) is 73.3 Å². The molecule has 1 aliphatic carbocycles. The Balaban J connectivity index is 1.44. The molecular weight excluding hydrogens is 404 g/mol. The van der Waals surface area contributed by atoms with Crippen LogP contribution in [0.4, 0.5) is 0 Å². The van der Waals surface area contributed by atoms with E-state index < -0.39 is 0 Å². The van der Waals surface area contributed by atoms with E-state index in [9.17, 15) is 9.59 Å². The van der Waals surface area contributed by atoms with Gasteiger partial charge in [-0.25, -0.2) is 9.78 Å². The highest BCUT2D eigenvalue weighted by Crippen LogP contribution is 2.28. The smallest absolute Gasteiger partial charge is 0.348 e. The first-order valence-electron chi connectivity index (χ1n) is 11.3. The van der Waals surface area contributed by atoms with Gasteiger partial charge in [0.2, 0.25) is 0 Å². The van der Waals surface area contributed by atoms with Crippen molar-refractivity contribution in [2.45, 2.75) is 32.4 Å². The third-order valence-corrected chi connectivity index (χ3v) is 6.33. The van der Waals surface area contributed by atoms with Gasteiger partial charge in [0.1, 0.15) is 0 Å². The number of hydrogen-bond donors (Lipinski definition) is 1. The number of aromatic nitrogens is 2. The molecule has 1 aliphatic heterocycles. The second-order valence-corrected chi connectivity index (χ2v) is 8.70. The van der Waals surface area contributed by atoms with Crippen molar-refractivity contribution in [2.24, 2.45) is 0 Å². The fourth-order valence-electron chi connectivity index (χ4n) is 4.22. The van der Waals surface area contributed by atoms with E-state index in [1.807, 2.05) is 37.3 Å². The Morgan fingerprint density at radius 3 is 2.72 bits per heavy atom. The standard InChI is InChI=1S/C25H28N4O3/c1-17-2-3-19(24(30)27-21-5-6-21)15-22(17)18-4-7-23-20(14-18)16-26-25(31)29(23)9-8-28-10-12-32-13-11-28/h2-4,7,14-16,21H,5-6,8-13H2,1H3,(H,27,30). The zero-order chi connectivity index (χ0) is 22.1. The lowest BCUT2D eigenvalue weighted by Crippen LogP contribution is -2.39. The number of fused-ring (bicyclic) bond motifs is 1. The fraction of sp³-hybridized carbons (Fsp3) is 0.400. The number of rotatable bonds is 6. The molecule has 2 aliphatic rings. The number of carbonyl (C=O) groups excluding carboxylic acids is 1. The average molecular weight is 433 g/mol. The molecule has 1 saturated heterocycles. The van der Waals surface area contributed by atoms with E-state index in [2.05, 4.69) is 21.3 Å². The summed E-state index contributed by atoms with van der Waals surface area (Å²) in [5.41, 5.74) is 4.44. The molecule has 1 saturated carbocycles.